The molecule has 0 radical (unpaired) electrons. The molecule has 0 aliphatic rings. The quantitative estimate of drug-likeness (QED) is 0.729. The number of rotatable bonds is 6. The average Bonchev–Trinajstić information content (AvgIpc) is 2.63. The third kappa shape index (κ3) is 4.52. The van der Waals surface area contributed by atoms with Crippen LogP contribution < -0.4 is 4.90 Å². The normalized spacial score (nSPS) is 10.7. The van der Waals surface area contributed by atoms with Gasteiger partial charge in [0.1, 0.15) is 17.1 Å². The van der Waals surface area contributed by atoms with Crippen molar-refractivity contribution in [2.45, 2.75) is 32.7 Å². The van der Waals surface area contributed by atoms with Crippen molar-refractivity contribution in [3.63, 3.8) is 0 Å². The Balaban J connectivity index is 2.32. The third-order valence-corrected chi connectivity index (χ3v) is 4.54. The molecule has 0 saturated carbocycles. The number of aromatic hydroxyl groups is 2. The van der Waals surface area contributed by atoms with E-state index < -0.39 is 11.7 Å². The number of hydrogen-bond acceptors (Lipinski definition) is 5. The lowest BCUT2D eigenvalue weighted by atomic mass is 10.00. The van der Waals surface area contributed by atoms with E-state index in [4.69, 9.17) is 11.6 Å². The molecule has 0 spiro atoms. The molecule has 2 aromatic rings. The van der Waals surface area contributed by atoms with E-state index in [2.05, 4.69) is 4.74 Å². The Hall–Kier alpha value is -2.73. The number of carbonyl (C=O) groups is 2. The highest BCUT2D eigenvalue weighted by Gasteiger charge is 2.25. The van der Waals surface area contributed by atoms with Crippen molar-refractivity contribution in [1.82, 2.24) is 0 Å². The number of carbonyl (C=O) groups excluding carboxylic acids is 2. The van der Waals surface area contributed by atoms with Gasteiger partial charge in [-0.3, -0.25) is 4.79 Å². The minimum atomic E-state index is -0.791. The Morgan fingerprint density at radius 2 is 1.78 bits per heavy atom. The first-order chi connectivity index (χ1) is 12.8. The second-order valence-electron chi connectivity index (χ2n) is 6.27. The van der Waals surface area contributed by atoms with E-state index in [-0.39, 0.29) is 46.7 Å². The van der Waals surface area contributed by atoms with Crippen LogP contribution in [0.25, 0.3) is 0 Å². The van der Waals surface area contributed by atoms with Crippen LogP contribution in [0.2, 0.25) is 5.02 Å². The first-order valence-electron chi connectivity index (χ1n) is 8.46. The van der Waals surface area contributed by atoms with Crippen LogP contribution in [0.15, 0.2) is 36.4 Å². The van der Waals surface area contributed by atoms with Crippen LogP contribution >= 0.6 is 11.6 Å². The van der Waals surface area contributed by atoms with Gasteiger partial charge in [0, 0.05) is 24.2 Å². The molecule has 0 heterocycles. The number of anilines is 1. The number of amides is 1. The highest BCUT2D eigenvalue weighted by atomic mass is 35.5. The second-order valence-corrected chi connectivity index (χ2v) is 6.64. The fraction of sp³-hybridized carbons (Fsp3) is 0.300. The van der Waals surface area contributed by atoms with Crippen LogP contribution in [0.3, 0.4) is 0 Å². The molecule has 6 nitrogen and oxygen atoms in total. The van der Waals surface area contributed by atoms with Gasteiger partial charge in [-0.05, 0) is 38.0 Å². The van der Waals surface area contributed by atoms with Crippen LogP contribution in [-0.2, 0) is 16.0 Å². The predicted octanol–water partition coefficient (Wildman–Crippen LogP) is 3.91. The molecule has 0 aliphatic heterocycles. The summed E-state index contributed by atoms with van der Waals surface area (Å²) in [5.41, 5.74) is 0.783. The molecule has 27 heavy (non-hydrogen) atoms. The van der Waals surface area contributed by atoms with Crippen molar-refractivity contribution in [2.24, 2.45) is 0 Å². The SMILES string of the molecule is COC(=O)c1c(O)cc(O)c(Cl)c1CCC(=O)N(c1ccccc1)C(C)C. The monoisotopic (exact) mass is 391 g/mol. The largest absolute Gasteiger partial charge is 0.507 e. The van der Waals surface area contributed by atoms with E-state index in [1.54, 1.807) is 4.90 Å². The van der Waals surface area contributed by atoms with Crippen molar-refractivity contribution < 1.29 is 24.5 Å². The van der Waals surface area contributed by atoms with Gasteiger partial charge >= 0.3 is 5.97 Å². The van der Waals surface area contributed by atoms with E-state index in [0.29, 0.717) is 0 Å². The molecule has 0 fully saturated rings. The van der Waals surface area contributed by atoms with E-state index in [1.165, 1.54) is 7.11 Å². The number of phenolic OH excluding ortho intramolecular Hbond substituents is 2. The number of methoxy groups -OCH3 is 1. The molecule has 144 valence electrons. The summed E-state index contributed by atoms with van der Waals surface area (Å²) in [5, 5.41) is 19.8. The Morgan fingerprint density at radius 3 is 2.33 bits per heavy atom. The van der Waals surface area contributed by atoms with Gasteiger partial charge in [-0.25, -0.2) is 4.79 Å². The fourth-order valence-electron chi connectivity index (χ4n) is 2.92. The van der Waals surface area contributed by atoms with Crippen molar-refractivity contribution in [3.8, 4) is 11.5 Å². The molecule has 2 N–H and O–H groups in total. The number of para-hydroxylation sites is 1. The summed E-state index contributed by atoms with van der Waals surface area (Å²) in [7, 11) is 1.17. The summed E-state index contributed by atoms with van der Waals surface area (Å²) in [5.74, 6) is -1.78. The van der Waals surface area contributed by atoms with Gasteiger partial charge in [-0.2, -0.15) is 0 Å². The molecular formula is C20H22ClNO5. The number of halogens is 1. The minimum Gasteiger partial charge on any atom is -0.507 e. The lowest BCUT2D eigenvalue weighted by molar-refractivity contribution is -0.118. The number of hydrogen-bond donors (Lipinski definition) is 2. The average molecular weight is 392 g/mol. The summed E-state index contributed by atoms with van der Waals surface area (Å²) >= 11 is 6.12. The molecule has 0 atom stereocenters. The summed E-state index contributed by atoms with van der Waals surface area (Å²) in [6.45, 7) is 3.80. The lowest BCUT2D eigenvalue weighted by Gasteiger charge is -2.27. The smallest absolute Gasteiger partial charge is 0.341 e. The molecule has 1 amide bonds. The van der Waals surface area contributed by atoms with Gasteiger partial charge in [0.05, 0.1) is 12.1 Å². The molecule has 0 aliphatic carbocycles. The Kier molecular flexibility index (Phi) is 6.69. The predicted molar refractivity (Wildman–Crippen MR) is 104 cm³/mol. The van der Waals surface area contributed by atoms with E-state index in [9.17, 15) is 19.8 Å². The lowest BCUT2D eigenvalue weighted by Crippen LogP contribution is -2.37. The maximum absolute atomic E-state index is 12.8. The van der Waals surface area contributed by atoms with Gasteiger partial charge in [-0.15, -0.1) is 0 Å². The third-order valence-electron chi connectivity index (χ3n) is 4.12. The number of ether oxygens (including phenoxy) is 1. The number of nitrogens with zero attached hydrogens (tertiary/aromatic N) is 1. The highest BCUT2D eigenvalue weighted by Crippen LogP contribution is 2.37. The zero-order valence-electron chi connectivity index (χ0n) is 15.4. The standard InChI is InChI=1S/C20H22ClNO5/c1-12(2)22(13-7-5-4-6-8-13)17(25)10-9-14-18(20(26)27-3)15(23)11-16(24)19(14)21/h4-8,11-12,23-24H,9-10H2,1-3H3. The molecule has 7 heteroatoms. The molecule has 2 rings (SSSR count). The molecule has 0 unspecified atom stereocenters. The highest BCUT2D eigenvalue weighted by molar-refractivity contribution is 6.33. The van der Waals surface area contributed by atoms with E-state index >= 15 is 0 Å². The fourth-order valence-corrected chi connectivity index (χ4v) is 3.16. The van der Waals surface area contributed by atoms with Crippen LogP contribution in [0, 0.1) is 0 Å². The molecular weight excluding hydrogens is 370 g/mol. The van der Waals surface area contributed by atoms with Crippen LogP contribution in [0.4, 0.5) is 5.69 Å². The van der Waals surface area contributed by atoms with Crippen LogP contribution in [0.5, 0.6) is 11.5 Å². The van der Waals surface area contributed by atoms with Gasteiger partial charge < -0.3 is 19.8 Å². The zero-order valence-corrected chi connectivity index (χ0v) is 16.2. The maximum atomic E-state index is 12.8. The summed E-state index contributed by atoms with van der Waals surface area (Å²) in [6.07, 6.45) is 0.0831. The summed E-state index contributed by atoms with van der Waals surface area (Å²) in [6, 6.07) is 10.1. The number of esters is 1. The molecule has 0 aromatic heterocycles. The topological polar surface area (TPSA) is 87.1 Å². The van der Waals surface area contributed by atoms with Crippen molar-refractivity contribution >= 4 is 29.2 Å². The van der Waals surface area contributed by atoms with Gasteiger partial charge in [0.25, 0.3) is 0 Å². The first-order valence-corrected chi connectivity index (χ1v) is 8.84. The molecule has 0 saturated heterocycles. The van der Waals surface area contributed by atoms with Crippen molar-refractivity contribution in [3.05, 3.63) is 52.5 Å². The zero-order chi connectivity index (χ0) is 20.1. The Labute approximate surface area is 162 Å². The number of benzene rings is 2. The van der Waals surface area contributed by atoms with E-state index in [1.807, 2.05) is 44.2 Å². The molecule has 0 bridgehead atoms. The minimum absolute atomic E-state index is 0.0275. The van der Waals surface area contributed by atoms with Gasteiger partial charge in [0.15, 0.2) is 0 Å². The number of phenols is 2. The summed E-state index contributed by atoms with van der Waals surface area (Å²) in [4.78, 5) is 26.5. The van der Waals surface area contributed by atoms with E-state index in [0.717, 1.165) is 11.8 Å². The van der Waals surface area contributed by atoms with Crippen molar-refractivity contribution in [1.29, 1.82) is 0 Å². The van der Waals surface area contributed by atoms with Crippen molar-refractivity contribution in [2.75, 3.05) is 12.0 Å². The maximum Gasteiger partial charge on any atom is 0.341 e. The van der Waals surface area contributed by atoms with Crippen LogP contribution in [0.1, 0.15) is 36.2 Å². The molecule has 2 aromatic carbocycles. The Bertz CT molecular complexity index is 836. The van der Waals surface area contributed by atoms with Gasteiger partial charge in [0.2, 0.25) is 5.91 Å². The summed E-state index contributed by atoms with van der Waals surface area (Å²) < 4.78 is 4.68. The first kappa shape index (κ1) is 20.6. The van der Waals surface area contributed by atoms with Gasteiger partial charge in [-0.1, -0.05) is 29.8 Å². The Morgan fingerprint density at radius 1 is 1.15 bits per heavy atom. The van der Waals surface area contributed by atoms with Crippen LogP contribution in [-0.4, -0.2) is 35.2 Å². The second kappa shape index (κ2) is 8.77.